The minimum Gasteiger partial charge on any atom is -0.309 e. The zero-order valence-electron chi connectivity index (χ0n) is 44.5. The third-order valence-corrected chi connectivity index (χ3v) is 19.8. The van der Waals surface area contributed by atoms with Crippen molar-refractivity contribution >= 4 is 17.1 Å². The van der Waals surface area contributed by atoms with Crippen LogP contribution in [0.3, 0.4) is 0 Å². The first-order valence-electron chi connectivity index (χ1n) is 26.8. The van der Waals surface area contributed by atoms with Gasteiger partial charge < -0.3 is 4.90 Å². The van der Waals surface area contributed by atoms with E-state index in [-0.39, 0.29) is 32.5 Å². The highest BCUT2D eigenvalue weighted by molar-refractivity contribution is 6.02. The molecule has 0 N–H and O–H groups in total. The molecule has 0 saturated heterocycles. The third kappa shape index (κ3) is 5.24. The van der Waals surface area contributed by atoms with Crippen molar-refractivity contribution in [2.24, 2.45) is 0 Å². The Kier molecular flexibility index (Phi) is 8.01. The van der Waals surface area contributed by atoms with E-state index in [2.05, 4.69) is 252 Å². The lowest BCUT2D eigenvalue weighted by Gasteiger charge is -2.55. The molecule has 0 spiro atoms. The molecule has 9 aromatic rings. The summed E-state index contributed by atoms with van der Waals surface area (Å²) in [4.78, 5) is 2.76. The standard InChI is InChI=1S/C72H63N/c1-67(2)52-22-16-13-19-46(52)49-28-25-40(31-55(49)67)43-34-58-64-59(35-43)71(9,10)61-37-45(42-27-30-51-48-21-15-18-24-54(48)69(5,6)57(51)33-42)39-63-66(61)73(64)65-60(70(58,7)8)36-44(38-62(65)72(63,11)12)41-26-29-50-47-20-14-17-23-53(47)68(3,4)56(50)32-41/h13-39H,1-12H3. The van der Waals surface area contributed by atoms with E-state index in [0.29, 0.717) is 0 Å². The SMILES string of the molecule is CC1(C)c2ccccc2-c2ccc(-c3cc4c5c(c3)C(C)(C)c3cc(-c6ccc7c(c6)C(C)(C)c6ccccc6-7)cc6c3N5c3c(cc(-c5ccc7c(c5)C(C)(C)c5ccccc5-7)cc3C6(C)C)C4(C)C)cc21. The van der Waals surface area contributed by atoms with Gasteiger partial charge in [-0.2, -0.15) is 0 Å². The molecule has 1 heteroatoms. The van der Waals surface area contributed by atoms with Crippen molar-refractivity contribution in [2.75, 3.05) is 4.90 Å². The quantitative estimate of drug-likeness (QED) is 0.171. The number of hydrogen-bond donors (Lipinski definition) is 0. The maximum atomic E-state index is 2.76. The van der Waals surface area contributed by atoms with Crippen molar-refractivity contribution in [2.45, 2.75) is 116 Å². The number of rotatable bonds is 3. The Hall–Kier alpha value is -7.22. The Morgan fingerprint density at radius 1 is 0.205 bits per heavy atom. The van der Waals surface area contributed by atoms with E-state index in [1.807, 2.05) is 0 Å². The van der Waals surface area contributed by atoms with Gasteiger partial charge in [0.2, 0.25) is 0 Å². The van der Waals surface area contributed by atoms with E-state index in [1.54, 1.807) is 0 Å². The van der Waals surface area contributed by atoms with Crippen LogP contribution >= 0.6 is 0 Å². The molecule has 73 heavy (non-hydrogen) atoms. The highest BCUT2D eigenvalue weighted by atomic mass is 15.2. The van der Waals surface area contributed by atoms with Crippen LogP contribution < -0.4 is 4.90 Å². The molecule has 3 heterocycles. The summed E-state index contributed by atoms with van der Waals surface area (Å²) in [5.41, 5.74) is 35.7. The van der Waals surface area contributed by atoms with Crippen LogP contribution in [0.4, 0.5) is 17.1 Å². The van der Waals surface area contributed by atoms with Crippen LogP contribution in [0.15, 0.2) is 164 Å². The summed E-state index contributed by atoms with van der Waals surface area (Å²) in [6, 6.07) is 64.5. The minimum absolute atomic E-state index is 0.0911. The van der Waals surface area contributed by atoms with Gasteiger partial charge in [-0.15, -0.1) is 0 Å². The van der Waals surface area contributed by atoms with Gasteiger partial charge in [0.25, 0.3) is 0 Å². The molecule has 0 amide bonds. The molecular weight excluding hydrogens is 879 g/mol. The predicted octanol–water partition coefficient (Wildman–Crippen LogP) is 19.0. The summed E-state index contributed by atoms with van der Waals surface area (Å²) in [6.45, 7) is 29.5. The van der Waals surface area contributed by atoms with Gasteiger partial charge in [-0.25, -0.2) is 0 Å². The van der Waals surface area contributed by atoms with E-state index >= 15 is 0 Å². The van der Waals surface area contributed by atoms with Crippen LogP contribution in [-0.4, -0.2) is 0 Å². The molecule has 0 atom stereocenters. The number of hydrogen-bond acceptors (Lipinski definition) is 1. The second kappa shape index (κ2) is 13.5. The van der Waals surface area contributed by atoms with Gasteiger partial charge in [-0.05, 0) is 188 Å². The molecule has 0 radical (unpaired) electrons. The third-order valence-electron chi connectivity index (χ3n) is 19.8. The molecule has 0 bridgehead atoms. The van der Waals surface area contributed by atoms with Gasteiger partial charge >= 0.3 is 0 Å². The molecule has 15 rings (SSSR count). The van der Waals surface area contributed by atoms with Crippen LogP contribution in [0.25, 0.3) is 66.8 Å². The maximum Gasteiger partial charge on any atom is 0.0544 e. The first-order valence-corrected chi connectivity index (χ1v) is 26.8. The van der Waals surface area contributed by atoms with E-state index in [9.17, 15) is 0 Å². The van der Waals surface area contributed by atoms with Gasteiger partial charge in [0.05, 0.1) is 17.1 Å². The molecule has 0 saturated carbocycles. The lowest BCUT2D eigenvalue weighted by molar-refractivity contribution is 0.567. The average molecular weight is 942 g/mol. The molecule has 356 valence electrons. The van der Waals surface area contributed by atoms with E-state index < -0.39 is 0 Å². The zero-order valence-corrected chi connectivity index (χ0v) is 44.5. The van der Waals surface area contributed by atoms with Gasteiger partial charge in [-0.3, -0.25) is 0 Å². The van der Waals surface area contributed by atoms with Crippen molar-refractivity contribution < 1.29 is 0 Å². The molecule has 0 unspecified atom stereocenters. The lowest BCUT2D eigenvalue weighted by atomic mass is 9.59. The molecule has 0 fully saturated rings. The smallest absolute Gasteiger partial charge is 0.0544 e. The van der Waals surface area contributed by atoms with E-state index in [0.717, 1.165) is 0 Å². The maximum absolute atomic E-state index is 2.76. The molecule has 3 aliphatic carbocycles. The summed E-state index contributed by atoms with van der Waals surface area (Å²) >= 11 is 0. The lowest BCUT2D eigenvalue weighted by Crippen LogP contribution is -2.43. The summed E-state index contributed by atoms with van der Waals surface area (Å²) in [5.74, 6) is 0. The fourth-order valence-electron chi connectivity index (χ4n) is 15.4. The van der Waals surface area contributed by atoms with E-state index in [1.165, 1.54) is 151 Å². The summed E-state index contributed by atoms with van der Waals surface area (Å²) in [7, 11) is 0. The van der Waals surface area contributed by atoms with E-state index in [4.69, 9.17) is 0 Å². The molecule has 3 aliphatic heterocycles. The molecule has 9 aromatic carbocycles. The zero-order chi connectivity index (χ0) is 50.3. The average Bonchev–Trinajstić information content (AvgIpc) is 3.86. The molecule has 1 nitrogen and oxygen atoms in total. The van der Waals surface area contributed by atoms with Gasteiger partial charge in [0.1, 0.15) is 0 Å². The minimum atomic E-state index is -0.314. The van der Waals surface area contributed by atoms with Crippen LogP contribution in [0.5, 0.6) is 0 Å². The van der Waals surface area contributed by atoms with Crippen LogP contribution in [-0.2, 0) is 32.5 Å². The van der Waals surface area contributed by atoms with Crippen LogP contribution in [0.2, 0.25) is 0 Å². The van der Waals surface area contributed by atoms with Gasteiger partial charge in [0.15, 0.2) is 0 Å². The van der Waals surface area contributed by atoms with Gasteiger partial charge in [0, 0.05) is 32.5 Å². The number of nitrogens with zero attached hydrogens (tertiary/aromatic N) is 1. The molecular formula is C72H63N. The molecule has 6 aliphatic rings. The Labute approximate surface area is 432 Å². The summed E-state index contributed by atoms with van der Waals surface area (Å²) < 4.78 is 0. The van der Waals surface area contributed by atoms with Crippen molar-refractivity contribution in [3.63, 3.8) is 0 Å². The van der Waals surface area contributed by atoms with Crippen LogP contribution in [0, 0.1) is 0 Å². The Balaban J connectivity index is 0.987. The first kappa shape index (κ1) is 43.4. The normalized spacial score (nSPS) is 18.5. The Morgan fingerprint density at radius 2 is 0.411 bits per heavy atom. The van der Waals surface area contributed by atoms with Crippen molar-refractivity contribution in [3.05, 3.63) is 231 Å². The second-order valence-electron chi connectivity index (χ2n) is 25.8. The fraction of sp³-hybridized carbons (Fsp3) is 0.250. The largest absolute Gasteiger partial charge is 0.309 e. The summed E-state index contributed by atoms with van der Waals surface area (Å²) in [5, 5.41) is 0. The number of benzene rings is 9. The van der Waals surface area contributed by atoms with Crippen molar-refractivity contribution in [1.82, 2.24) is 0 Å². The Bertz CT molecular complexity index is 3530. The first-order chi connectivity index (χ1) is 34.7. The molecule has 0 aromatic heterocycles. The topological polar surface area (TPSA) is 3.24 Å². The Morgan fingerprint density at radius 3 is 0.671 bits per heavy atom. The monoisotopic (exact) mass is 941 g/mol. The van der Waals surface area contributed by atoms with Gasteiger partial charge in [-0.1, -0.05) is 192 Å². The van der Waals surface area contributed by atoms with Crippen molar-refractivity contribution in [3.8, 4) is 66.8 Å². The highest BCUT2D eigenvalue weighted by Gasteiger charge is 2.53. The second-order valence-corrected chi connectivity index (χ2v) is 25.8. The number of anilines is 3. The number of fused-ring (bicyclic) bond motifs is 9. The van der Waals surface area contributed by atoms with Crippen molar-refractivity contribution in [1.29, 1.82) is 0 Å². The van der Waals surface area contributed by atoms with Crippen LogP contribution in [0.1, 0.15) is 150 Å². The summed E-state index contributed by atoms with van der Waals surface area (Å²) in [6.07, 6.45) is 0. The predicted molar refractivity (Wildman–Crippen MR) is 307 cm³/mol. The fourth-order valence-corrected chi connectivity index (χ4v) is 15.4. The highest BCUT2D eigenvalue weighted by Crippen LogP contribution is 2.68.